The molecule has 0 aliphatic rings. The number of rotatable bonds is 6. The van der Waals surface area contributed by atoms with Crippen molar-refractivity contribution in [1.82, 2.24) is 0 Å². The number of halogens is 1. The van der Waals surface area contributed by atoms with E-state index in [4.69, 9.17) is 16.3 Å². The van der Waals surface area contributed by atoms with Gasteiger partial charge in [0.15, 0.2) is 0 Å². The van der Waals surface area contributed by atoms with Crippen LogP contribution in [-0.4, -0.2) is 19.0 Å². The molecule has 0 fully saturated rings. The van der Waals surface area contributed by atoms with Crippen molar-refractivity contribution in [3.8, 4) is 5.75 Å². The lowest BCUT2D eigenvalue weighted by molar-refractivity contribution is 0.363. The van der Waals surface area contributed by atoms with Gasteiger partial charge in [-0.05, 0) is 47.5 Å². The maximum atomic E-state index is 5.81. The molecule has 2 aromatic rings. The van der Waals surface area contributed by atoms with Gasteiger partial charge >= 0.3 is 0 Å². The van der Waals surface area contributed by atoms with Gasteiger partial charge in [-0.1, -0.05) is 36.4 Å². The summed E-state index contributed by atoms with van der Waals surface area (Å²) in [5, 5.41) is 8.70. The first-order valence-corrected chi connectivity index (χ1v) is 6.81. The molecule has 0 amide bonds. The lowest BCUT2D eigenvalue weighted by Crippen LogP contribution is -1.92. The van der Waals surface area contributed by atoms with Crippen LogP contribution in [-0.2, 0) is 0 Å². The Morgan fingerprint density at radius 1 is 0.905 bits per heavy atom. The molecule has 0 saturated carbocycles. The van der Waals surface area contributed by atoms with Crippen molar-refractivity contribution in [3.63, 3.8) is 0 Å². The highest BCUT2D eigenvalue weighted by atomic mass is 35.5. The van der Waals surface area contributed by atoms with Gasteiger partial charge in [0.05, 0.1) is 12.4 Å². The third-order valence-electron chi connectivity index (χ3n) is 2.60. The summed E-state index contributed by atoms with van der Waals surface area (Å²) < 4.78 is 5.40. The fraction of sp³-hybridized carbons (Fsp3) is 0.0588. The van der Waals surface area contributed by atoms with Crippen LogP contribution < -0.4 is 4.74 Å². The van der Waals surface area contributed by atoms with Crippen molar-refractivity contribution in [2.75, 3.05) is 6.61 Å². The quantitative estimate of drug-likeness (QED) is 0.443. The van der Waals surface area contributed by atoms with E-state index in [1.807, 2.05) is 48.5 Å². The van der Waals surface area contributed by atoms with Crippen molar-refractivity contribution in [3.05, 3.63) is 77.3 Å². The van der Waals surface area contributed by atoms with E-state index >= 15 is 0 Å². The summed E-state index contributed by atoms with van der Waals surface area (Å²) in [5.74, 6) is 0.803. The van der Waals surface area contributed by atoms with E-state index in [0.717, 1.165) is 16.9 Å². The first-order valence-electron chi connectivity index (χ1n) is 6.43. The van der Waals surface area contributed by atoms with E-state index < -0.39 is 0 Å². The topological polar surface area (TPSA) is 34.0 Å². The zero-order valence-electron chi connectivity index (χ0n) is 11.4. The molecule has 0 saturated heterocycles. The molecule has 4 heteroatoms. The predicted octanol–water partition coefficient (Wildman–Crippen LogP) is 4.36. The predicted molar refractivity (Wildman–Crippen MR) is 88.8 cm³/mol. The van der Waals surface area contributed by atoms with Crippen molar-refractivity contribution in [1.29, 1.82) is 0 Å². The van der Waals surface area contributed by atoms with Crippen LogP contribution in [0.25, 0.3) is 0 Å². The third-order valence-corrected chi connectivity index (χ3v) is 2.85. The minimum atomic E-state index is 0.499. The maximum absolute atomic E-state index is 5.81. The molecule has 0 aliphatic heterocycles. The van der Waals surface area contributed by atoms with Crippen LogP contribution in [0.2, 0.25) is 5.02 Å². The van der Waals surface area contributed by atoms with E-state index in [2.05, 4.69) is 16.8 Å². The fourth-order valence-corrected chi connectivity index (χ4v) is 1.68. The minimum Gasteiger partial charge on any atom is -0.490 e. The molecule has 0 aliphatic carbocycles. The highest BCUT2D eigenvalue weighted by molar-refractivity contribution is 6.30. The number of benzene rings is 2. The van der Waals surface area contributed by atoms with Gasteiger partial charge in [0.25, 0.3) is 0 Å². The van der Waals surface area contributed by atoms with E-state index in [-0.39, 0.29) is 0 Å². The Bertz CT molecular complexity index is 631. The zero-order valence-corrected chi connectivity index (χ0v) is 12.2. The fourth-order valence-electron chi connectivity index (χ4n) is 1.55. The largest absolute Gasteiger partial charge is 0.490 e. The number of ether oxygens (including phenoxy) is 1. The van der Waals surface area contributed by atoms with Crippen LogP contribution in [0, 0.1) is 0 Å². The molecule has 0 bridgehead atoms. The average molecular weight is 299 g/mol. The summed E-state index contributed by atoms with van der Waals surface area (Å²) in [5.41, 5.74) is 1.90. The number of hydrogen-bond donors (Lipinski definition) is 0. The van der Waals surface area contributed by atoms with E-state index in [1.165, 1.54) is 0 Å². The van der Waals surface area contributed by atoms with Gasteiger partial charge in [0, 0.05) is 5.02 Å². The zero-order chi connectivity index (χ0) is 14.9. The monoisotopic (exact) mass is 298 g/mol. The Balaban J connectivity index is 1.91. The maximum Gasteiger partial charge on any atom is 0.119 e. The molecule has 21 heavy (non-hydrogen) atoms. The molecule has 3 nitrogen and oxygen atoms in total. The lowest BCUT2D eigenvalue weighted by Gasteiger charge is -2.02. The Labute approximate surface area is 129 Å². The van der Waals surface area contributed by atoms with Crippen molar-refractivity contribution < 1.29 is 4.74 Å². The molecule has 2 rings (SSSR count). The third kappa shape index (κ3) is 5.24. The van der Waals surface area contributed by atoms with Crippen LogP contribution in [0.1, 0.15) is 11.1 Å². The SMILES string of the molecule is C=CCOc1ccc(C=NN=Cc2ccc(Cl)cc2)cc1. The van der Waals surface area contributed by atoms with Crippen LogP contribution in [0.5, 0.6) is 5.75 Å². The average Bonchev–Trinajstić information content (AvgIpc) is 2.52. The summed E-state index contributed by atoms with van der Waals surface area (Å²) in [7, 11) is 0. The second-order valence-electron chi connectivity index (χ2n) is 4.21. The molecule has 0 N–H and O–H groups in total. The summed E-state index contributed by atoms with van der Waals surface area (Å²) in [4.78, 5) is 0. The molecule has 0 spiro atoms. The first kappa shape index (κ1) is 15.0. The highest BCUT2D eigenvalue weighted by Gasteiger charge is 1.92. The Kier molecular flexibility index (Phi) is 5.73. The van der Waals surface area contributed by atoms with Gasteiger partial charge in [0.1, 0.15) is 12.4 Å². The molecular weight excluding hydrogens is 284 g/mol. The molecule has 2 aromatic carbocycles. The molecular formula is C17H15ClN2O. The molecule has 106 valence electrons. The molecule has 0 radical (unpaired) electrons. The van der Waals surface area contributed by atoms with Gasteiger partial charge in [0.2, 0.25) is 0 Å². The number of nitrogens with zero attached hydrogens (tertiary/aromatic N) is 2. The van der Waals surface area contributed by atoms with Crippen molar-refractivity contribution >= 4 is 24.0 Å². The molecule has 0 unspecified atom stereocenters. The Morgan fingerprint density at radius 2 is 1.43 bits per heavy atom. The Hall–Kier alpha value is -2.39. The van der Waals surface area contributed by atoms with E-state index in [0.29, 0.717) is 11.6 Å². The van der Waals surface area contributed by atoms with E-state index in [1.54, 1.807) is 18.5 Å². The summed E-state index contributed by atoms with van der Waals surface area (Å²) >= 11 is 5.81. The van der Waals surface area contributed by atoms with Crippen LogP contribution in [0.4, 0.5) is 0 Å². The van der Waals surface area contributed by atoms with Crippen molar-refractivity contribution in [2.45, 2.75) is 0 Å². The van der Waals surface area contributed by atoms with Gasteiger partial charge in [-0.15, -0.1) is 0 Å². The van der Waals surface area contributed by atoms with Gasteiger partial charge in [-0.2, -0.15) is 10.2 Å². The van der Waals surface area contributed by atoms with Crippen LogP contribution in [0.3, 0.4) is 0 Å². The van der Waals surface area contributed by atoms with Gasteiger partial charge in [-0.3, -0.25) is 0 Å². The summed E-state index contributed by atoms with van der Waals surface area (Å²) in [6.45, 7) is 4.10. The summed E-state index contributed by atoms with van der Waals surface area (Å²) in [6.07, 6.45) is 5.07. The van der Waals surface area contributed by atoms with Gasteiger partial charge < -0.3 is 4.74 Å². The smallest absolute Gasteiger partial charge is 0.119 e. The normalized spacial score (nSPS) is 11.1. The molecule has 0 atom stereocenters. The second-order valence-corrected chi connectivity index (χ2v) is 4.65. The standard InChI is InChI=1S/C17H15ClN2O/c1-2-11-21-17-9-5-15(6-10-17)13-20-19-12-14-3-7-16(18)8-4-14/h2-10,12-13H,1,11H2. The van der Waals surface area contributed by atoms with Crippen LogP contribution >= 0.6 is 11.6 Å². The van der Waals surface area contributed by atoms with Crippen LogP contribution in [0.15, 0.2) is 71.4 Å². The second kappa shape index (κ2) is 8.02. The van der Waals surface area contributed by atoms with Gasteiger partial charge in [-0.25, -0.2) is 0 Å². The summed E-state index contributed by atoms with van der Waals surface area (Å²) in [6, 6.07) is 15.0. The molecule has 0 aromatic heterocycles. The van der Waals surface area contributed by atoms with E-state index in [9.17, 15) is 0 Å². The lowest BCUT2D eigenvalue weighted by atomic mass is 10.2. The molecule has 0 heterocycles. The minimum absolute atomic E-state index is 0.499. The Morgan fingerprint density at radius 3 is 1.95 bits per heavy atom. The van der Waals surface area contributed by atoms with Crippen molar-refractivity contribution in [2.24, 2.45) is 10.2 Å². The first-order chi connectivity index (χ1) is 10.3. The highest BCUT2D eigenvalue weighted by Crippen LogP contribution is 2.11. The number of hydrogen-bond acceptors (Lipinski definition) is 3.